The zero-order chi connectivity index (χ0) is 20.6. The fourth-order valence-electron chi connectivity index (χ4n) is 3.85. The Morgan fingerprint density at radius 2 is 1.79 bits per heavy atom. The Kier molecular flexibility index (Phi) is 7.84. The van der Waals surface area contributed by atoms with Gasteiger partial charge in [0.1, 0.15) is 0 Å². The molecule has 0 aliphatic carbocycles. The van der Waals surface area contributed by atoms with E-state index in [2.05, 4.69) is 16.3 Å². The molecule has 0 unspecified atom stereocenters. The summed E-state index contributed by atoms with van der Waals surface area (Å²) in [6, 6.07) is 15.5. The summed E-state index contributed by atoms with van der Waals surface area (Å²) in [6.45, 7) is 5.10. The third-order valence-corrected chi connectivity index (χ3v) is 5.84. The molecule has 0 bridgehead atoms. The lowest BCUT2D eigenvalue weighted by atomic mass is 9.91. The zero-order valence-electron chi connectivity index (χ0n) is 17.0. The Hall–Kier alpha value is -2.17. The fourth-order valence-corrected chi connectivity index (χ4v) is 4.06. The Labute approximate surface area is 178 Å². The summed E-state index contributed by atoms with van der Waals surface area (Å²) < 4.78 is 0. The third-order valence-electron chi connectivity index (χ3n) is 5.61. The molecular formula is C24H29ClN2O2. The summed E-state index contributed by atoms with van der Waals surface area (Å²) in [4.78, 5) is 26.1. The predicted octanol–water partition coefficient (Wildman–Crippen LogP) is 4.85. The molecule has 1 aliphatic rings. The van der Waals surface area contributed by atoms with Gasteiger partial charge >= 0.3 is 0 Å². The summed E-state index contributed by atoms with van der Waals surface area (Å²) in [6.07, 6.45) is 3.75. The number of carbonyl (C=O) groups excluding carboxylic acids is 2. The van der Waals surface area contributed by atoms with Crippen LogP contribution in [0.25, 0.3) is 0 Å². The van der Waals surface area contributed by atoms with E-state index in [-0.39, 0.29) is 11.7 Å². The van der Waals surface area contributed by atoms with Crippen molar-refractivity contribution in [2.75, 3.05) is 13.1 Å². The van der Waals surface area contributed by atoms with Gasteiger partial charge in [0, 0.05) is 30.1 Å². The standard InChI is InChI=1S/C24H29ClN2O2/c1-18(28)22-6-2-5-21(14-22)17-27-12-10-19(11-13-27)8-9-24(29)26-16-20-4-3-7-23(25)15-20/h2-7,14-15,19H,8-13,16-17H2,1H3,(H,26,29). The number of hydrogen-bond donors (Lipinski definition) is 1. The Morgan fingerprint density at radius 1 is 1.07 bits per heavy atom. The molecule has 2 aromatic carbocycles. The van der Waals surface area contributed by atoms with Crippen LogP contribution in [-0.4, -0.2) is 29.7 Å². The molecular weight excluding hydrogens is 384 g/mol. The topological polar surface area (TPSA) is 49.4 Å². The van der Waals surface area contributed by atoms with Gasteiger partial charge in [-0.05, 0) is 74.5 Å². The smallest absolute Gasteiger partial charge is 0.220 e. The van der Waals surface area contributed by atoms with Gasteiger partial charge in [0.15, 0.2) is 5.78 Å². The quantitative estimate of drug-likeness (QED) is 0.630. The first-order valence-electron chi connectivity index (χ1n) is 10.3. The van der Waals surface area contributed by atoms with E-state index in [1.165, 1.54) is 5.56 Å². The minimum atomic E-state index is 0.105. The highest BCUT2D eigenvalue weighted by atomic mass is 35.5. The first-order chi connectivity index (χ1) is 14.0. The summed E-state index contributed by atoms with van der Waals surface area (Å²) in [5.41, 5.74) is 2.99. The number of halogens is 1. The number of hydrogen-bond acceptors (Lipinski definition) is 3. The number of ketones is 1. The van der Waals surface area contributed by atoms with E-state index in [0.29, 0.717) is 23.9 Å². The number of amides is 1. The van der Waals surface area contributed by atoms with E-state index in [1.807, 2.05) is 42.5 Å². The molecule has 1 fully saturated rings. The van der Waals surface area contributed by atoms with Crippen LogP contribution < -0.4 is 5.32 Å². The van der Waals surface area contributed by atoms with Crippen molar-refractivity contribution in [2.24, 2.45) is 5.92 Å². The number of Topliss-reactive ketones (excluding diaryl/α,β-unsaturated/α-hetero) is 1. The van der Waals surface area contributed by atoms with Gasteiger partial charge in [-0.2, -0.15) is 0 Å². The average Bonchev–Trinajstić information content (AvgIpc) is 2.72. The fraction of sp³-hybridized carbons (Fsp3) is 0.417. The van der Waals surface area contributed by atoms with Crippen LogP contribution >= 0.6 is 11.6 Å². The van der Waals surface area contributed by atoms with E-state index in [4.69, 9.17) is 11.6 Å². The molecule has 0 spiro atoms. The molecule has 4 nitrogen and oxygen atoms in total. The molecule has 5 heteroatoms. The molecule has 1 saturated heterocycles. The van der Waals surface area contributed by atoms with Crippen molar-refractivity contribution in [3.05, 3.63) is 70.2 Å². The molecule has 1 amide bonds. The van der Waals surface area contributed by atoms with Gasteiger partial charge in [-0.25, -0.2) is 0 Å². The Balaban J connectivity index is 1.36. The van der Waals surface area contributed by atoms with Crippen LogP contribution in [0, 0.1) is 5.92 Å². The average molecular weight is 413 g/mol. The van der Waals surface area contributed by atoms with Crippen LogP contribution in [0.2, 0.25) is 5.02 Å². The van der Waals surface area contributed by atoms with Crippen molar-refractivity contribution < 1.29 is 9.59 Å². The van der Waals surface area contributed by atoms with Gasteiger partial charge in [-0.3, -0.25) is 14.5 Å². The first-order valence-corrected chi connectivity index (χ1v) is 10.7. The largest absolute Gasteiger partial charge is 0.352 e. The minimum absolute atomic E-state index is 0.105. The van der Waals surface area contributed by atoms with Crippen molar-refractivity contribution in [1.29, 1.82) is 0 Å². The molecule has 2 aromatic rings. The monoisotopic (exact) mass is 412 g/mol. The van der Waals surface area contributed by atoms with Crippen LogP contribution in [0.4, 0.5) is 0 Å². The second-order valence-corrected chi connectivity index (χ2v) is 8.36. The lowest BCUT2D eigenvalue weighted by Crippen LogP contribution is -2.33. The van der Waals surface area contributed by atoms with E-state index in [1.54, 1.807) is 6.92 Å². The van der Waals surface area contributed by atoms with Crippen LogP contribution in [0.3, 0.4) is 0 Å². The van der Waals surface area contributed by atoms with Gasteiger partial charge in [-0.15, -0.1) is 0 Å². The first kappa shape index (κ1) is 21.5. The van der Waals surface area contributed by atoms with E-state index in [0.717, 1.165) is 50.0 Å². The van der Waals surface area contributed by atoms with E-state index in [9.17, 15) is 9.59 Å². The third kappa shape index (κ3) is 6.98. The van der Waals surface area contributed by atoms with Crippen molar-refractivity contribution in [3.8, 4) is 0 Å². The minimum Gasteiger partial charge on any atom is -0.352 e. The molecule has 0 saturated carbocycles. The van der Waals surface area contributed by atoms with Gasteiger partial charge in [0.2, 0.25) is 5.91 Å². The summed E-state index contributed by atoms with van der Waals surface area (Å²) in [5, 5.41) is 3.68. The summed E-state index contributed by atoms with van der Waals surface area (Å²) >= 11 is 5.98. The van der Waals surface area contributed by atoms with Crippen LogP contribution in [0.15, 0.2) is 48.5 Å². The van der Waals surface area contributed by atoms with E-state index < -0.39 is 0 Å². The number of carbonyl (C=O) groups is 2. The second kappa shape index (κ2) is 10.6. The number of nitrogens with zero attached hydrogens (tertiary/aromatic N) is 1. The molecule has 0 aromatic heterocycles. The van der Waals surface area contributed by atoms with Crippen molar-refractivity contribution in [1.82, 2.24) is 10.2 Å². The molecule has 3 rings (SSSR count). The van der Waals surface area contributed by atoms with Gasteiger partial charge in [-0.1, -0.05) is 41.9 Å². The maximum Gasteiger partial charge on any atom is 0.220 e. The number of benzene rings is 2. The number of piperidine rings is 1. The van der Waals surface area contributed by atoms with Crippen LogP contribution in [0.5, 0.6) is 0 Å². The maximum atomic E-state index is 12.2. The van der Waals surface area contributed by atoms with Crippen molar-refractivity contribution in [3.63, 3.8) is 0 Å². The highest BCUT2D eigenvalue weighted by Gasteiger charge is 2.20. The summed E-state index contributed by atoms with van der Waals surface area (Å²) in [5.74, 6) is 0.819. The maximum absolute atomic E-state index is 12.2. The number of nitrogens with one attached hydrogen (secondary N) is 1. The van der Waals surface area contributed by atoms with Crippen molar-refractivity contribution in [2.45, 2.75) is 45.7 Å². The van der Waals surface area contributed by atoms with Gasteiger partial charge < -0.3 is 5.32 Å². The number of likely N-dealkylation sites (tertiary alicyclic amines) is 1. The predicted molar refractivity (Wildman–Crippen MR) is 117 cm³/mol. The molecule has 29 heavy (non-hydrogen) atoms. The SMILES string of the molecule is CC(=O)c1cccc(CN2CCC(CCC(=O)NCc3cccc(Cl)c3)CC2)c1. The Morgan fingerprint density at radius 3 is 2.52 bits per heavy atom. The van der Waals surface area contributed by atoms with Gasteiger partial charge in [0.25, 0.3) is 0 Å². The van der Waals surface area contributed by atoms with Crippen LogP contribution in [0.1, 0.15) is 54.1 Å². The highest BCUT2D eigenvalue weighted by molar-refractivity contribution is 6.30. The normalized spacial score (nSPS) is 15.2. The highest BCUT2D eigenvalue weighted by Crippen LogP contribution is 2.23. The lowest BCUT2D eigenvalue weighted by molar-refractivity contribution is -0.121. The van der Waals surface area contributed by atoms with Crippen LogP contribution in [-0.2, 0) is 17.9 Å². The second-order valence-electron chi connectivity index (χ2n) is 7.92. The van der Waals surface area contributed by atoms with Crippen molar-refractivity contribution >= 4 is 23.3 Å². The molecule has 0 atom stereocenters. The lowest BCUT2D eigenvalue weighted by Gasteiger charge is -2.32. The summed E-state index contributed by atoms with van der Waals surface area (Å²) in [7, 11) is 0. The zero-order valence-corrected chi connectivity index (χ0v) is 17.8. The van der Waals surface area contributed by atoms with E-state index >= 15 is 0 Å². The molecule has 1 N–H and O–H groups in total. The molecule has 1 aliphatic heterocycles. The van der Waals surface area contributed by atoms with Gasteiger partial charge in [0.05, 0.1) is 0 Å². The molecule has 0 radical (unpaired) electrons. The number of rotatable bonds is 8. The Bertz CT molecular complexity index is 844. The molecule has 1 heterocycles. The molecule has 154 valence electrons.